The maximum absolute atomic E-state index is 12.1. The van der Waals surface area contributed by atoms with Gasteiger partial charge in [0.25, 0.3) is 0 Å². The number of nitrogens with zero attached hydrogens (tertiary/aromatic N) is 4. The first-order valence-corrected chi connectivity index (χ1v) is 9.03. The topological polar surface area (TPSA) is 63.1 Å². The molecule has 1 atom stereocenters. The zero-order chi connectivity index (χ0) is 16.2. The molecule has 6 nitrogen and oxygen atoms in total. The quantitative estimate of drug-likeness (QED) is 0.868. The molecule has 1 N–H and O–H groups in total. The highest BCUT2D eigenvalue weighted by atomic mass is 16.1. The standard InChI is InChI=1S/C17H29N5O/c1-13-18-14(2)22(20-13)12-16-8-5-10-21(16)11-9-17(23)19-15-6-3-4-7-15/h15-16H,3-12H2,1-2H3,(H,19,23)/t16-/m1/s1. The Morgan fingerprint density at radius 3 is 2.70 bits per heavy atom. The number of amides is 1. The van der Waals surface area contributed by atoms with Gasteiger partial charge in [0.15, 0.2) is 0 Å². The summed E-state index contributed by atoms with van der Waals surface area (Å²) in [5.74, 6) is 2.03. The molecular formula is C17H29N5O. The first-order valence-electron chi connectivity index (χ1n) is 9.03. The van der Waals surface area contributed by atoms with Crippen molar-refractivity contribution in [2.24, 2.45) is 0 Å². The summed E-state index contributed by atoms with van der Waals surface area (Å²) in [6.07, 6.45) is 7.84. The molecule has 1 saturated heterocycles. The second-order valence-corrected chi connectivity index (χ2v) is 7.02. The molecule has 1 amide bonds. The lowest BCUT2D eigenvalue weighted by molar-refractivity contribution is -0.122. The van der Waals surface area contributed by atoms with Gasteiger partial charge in [-0.25, -0.2) is 9.67 Å². The predicted molar refractivity (Wildman–Crippen MR) is 89.1 cm³/mol. The van der Waals surface area contributed by atoms with Crippen LogP contribution >= 0.6 is 0 Å². The van der Waals surface area contributed by atoms with E-state index in [1.54, 1.807) is 0 Å². The van der Waals surface area contributed by atoms with Crippen molar-refractivity contribution in [1.82, 2.24) is 25.0 Å². The lowest BCUT2D eigenvalue weighted by Crippen LogP contribution is -2.38. The molecule has 0 aromatic carbocycles. The molecular weight excluding hydrogens is 290 g/mol. The van der Waals surface area contributed by atoms with E-state index in [1.807, 2.05) is 18.5 Å². The average molecular weight is 319 g/mol. The smallest absolute Gasteiger partial charge is 0.221 e. The van der Waals surface area contributed by atoms with Gasteiger partial charge in [0.05, 0.1) is 6.54 Å². The van der Waals surface area contributed by atoms with Crippen molar-refractivity contribution in [3.05, 3.63) is 11.6 Å². The minimum Gasteiger partial charge on any atom is -0.353 e. The fourth-order valence-corrected chi connectivity index (χ4v) is 3.95. The Morgan fingerprint density at radius 1 is 1.22 bits per heavy atom. The van der Waals surface area contributed by atoms with Crippen LogP contribution in [0, 0.1) is 13.8 Å². The predicted octanol–water partition coefficient (Wildman–Crippen LogP) is 1.81. The van der Waals surface area contributed by atoms with Crippen LogP contribution in [0.15, 0.2) is 0 Å². The summed E-state index contributed by atoms with van der Waals surface area (Å²) in [5.41, 5.74) is 0. The Morgan fingerprint density at radius 2 is 2.00 bits per heavy atom. The molecule has 1 aliphatic carbocycles. The van der Waals surface area contributed by atoms with Gasteiger partial charge in [0.1, 0.15) is 11.6 Å². The van der Waals surface area contributed by atoms with Crippen LogP contribution < -0.4 is 5.32 Å². The highest BCUT2D eigenvalue weighted by Crippen LogP contribution is 2.20. The van der Waals surface area contributed by atoms with Crippen LogP contribution in [0.4, 0.5) is 0 Å². The molecule has 1 aromatic rings. The molecule has 1 aromatic heterocycles. The molecule has 1 saturated carbocycles. The first kappa shape index (κ1) is 16.4. The summed E-state index contributed by atoms with van der Waals surface area (Å²) in [7, 11) is 0. The van der Waals surface area contributed by atoms with Crippen molar-refractivity contribution in [2.75, 3.05) is 13.1 Å². The van der Waals surface area contributed by atoms with E-state index in [-0.39, 0.29) is 5.91 Å². The molecule has 2 aliphatic rings. The van der Waals surface area contributed by atoms with Crippen LogP contribution in [0.1, 0.15) is 56.6 Å². The summed E-state index contributed by atoms with van der Waals surface area (Å²) in [6, 6.07) is 0.909. The van der Waals surface area contributed by atoms with Gasteiger partial charge < -0.3 is 5.32 Å². The zero-order valence-corrected chi connectivity index (χ0v) is 14.4. The molecule has 2 fully saturated rings. The molecule has 3 rings (SSSR count). The minimum atomic E-state index is 0.218. The largest absolute Gasteiger partial charge is 0.353 e. The van der Waals surface area contributed by atoms with E-state index in [2.05, 4.69) is 20.3 Å². The Kier molecular flexibility index (Phi) is 5.30. The van der Waals surface area contributed by atoms with Gasteiger partial charge in [-0.2, -0.15) is 5.10 Å². The van der Waals surface area contributed by atoms with Crippen LogP contribution in [0.3, 0.4) is 0 Å². The van der Waals surface area contributed by atoms with E-state index in [1.165, 1.54) is 25.7 Å². The van der Waals surface area contributed by atoms with Crippen LogP contribution in [0.5, 0.6) is 0 Å². The van der Waals surface area contributed by atoms with Crippen molar-refractivity contribution in [1.29, 1.82) is 0 Å². The zero-order valence-electron chi connectivity index (χ0n) is 14.4. The first-order chi connectivity index (χ1) is 11.1. The summed E-state index contributed by atoms with van der Waals surface area (Å²) in [6.45, 7) is 6.78. The molecule has 2 heterocycles. The monoisotopic (exact) mass is 319 g/mol. The van der Waals surface area contributed by atoms with Crippen LogP contribution in [-0.2, 0) is 11.3 Å². The Balaban J connectivity index is 1.46. The van der Waals surface area contributed by atoms with Gasteiger partial charge in [-0.3, -0.25) is 9.69 Å². The van der Waals surface area contributed by atoms with Crippen LogP contribution in [-0.4, -0.2) is 50.7 Å². The molecule has 128 valence electrons. The summed E-state index contributed by atoms with van der Waals surface area (Å²) in [5, 5.41) is 7.66. The van der Waals surface area contributed by atoms with Gasteiger partial charge in [-0.05, 0) is 46.1 Å². The third-order valence-electron chi connectivity index (χ3n) is 5.19. The fourth-order valence-electron chi connectivity index (χ4n) is 3.95. The van der Waals surface area contributed by atoms with Gasteiger partial charge in [-0.1, -0.05) is 12.8 Å². The third-order valence-corrected chi connectivity index (χ3v) is 5.19. The van der Waals surface area contributed by atoms with Gasteiger partial charge >= 0.3 is 0 Å². The fraction of sp³-hybridized carbons (Fsp3) is 0.824. The van der Waals surface area contributed by atoms with Crippen molar-refractivity contribution in [3.63, 3.8) is 0 Å². The van der Waals surface area contributed by atoms with E-state index in [0.717, 1.165) is 44.1 Å². The number of aromatic nitrogens is 3. The number of hydrogen-bond acceptors (Lipinski definition) is 4. The Labute approximate surface area is 138 Å². The van der Waals surface area contributed by atoms with E-state index in [0.29, 0.717) is 18.5 Å². The van der Waals surface area contributed by atoms with E-state index in [9.17, 15) is 4.79 Å². The van der Waals surface area contributed by atoms with Crippen molar-refractivity contribution in [2.45, 2.75) is 77.4 Å². The number of carbonyl (C=O) groups excluding carboxylic acids is 1. The van der Waals surface area contributed by atoms with E-state index in [4.69, 9.17) is 0 Å². The van der Waals surface area contributed by atoms with Crippen molar-refractivity contribution < 1.29 is 4.79 Å². The highest BCUT2D eigenvalue weighted by Gasteiger charge is 2.26. The summed E-state index contributed by atoms with van der Waals surface area (Å²) in [4.78, 5) is 18.9. The molecule has 0 radical (unpaired) electrons. The maximum atomic E-state index is 12.1. The molecule has 1 aliphatic heterocycles. The number of aryl methyl sites for hydroxylation is 2. The number of carbonyl (C=O) groups is 1. The lowest BCUT2D eigenvalue weighted by atomic mass is 10.2. The van der Waals surface area contributed by atoms with E-state index >= 15 is 0 Å². The second kappa shape index (κ2) is 7.43. The lowest BCUT2D eigenvalue weighted by Gasteiger charge is -2.24. The normalized spacial score (nSPS) is 22.8. The van der Waals surface area contributed by atoms with Crippen molar-refractivity contribution in [3.8, 4) is 0 Å². The number of hydrogen-bond donors (Lipinski definition) is 1. The molecule has 0 spiro atoms. The maximum Gasteiger partial charge on any atom is 0.221 e. The van der Waals surface area contributed by atoms with E-state index < -0.39 is 0 Å². The minimum absolute atomic E-state index is 0.218. The Bertz CT molecular complexity index is 535. The molecule has 0 bridgehead atoms. The van der Waals surface area contributed by atoms with Gasteiger partial charge in [0.2, 0.25) is 5.91 Å². The van der Waals surface area contributed by atoms with Crippen LogP contribution in [0.25, 0.3) is 0 Å². The van der Waals surface area contributed by atoms with Crippen molar-refractivity contribution >= 4 is 5.91 Å². The Hall–Kier alpha value is -1.43. The van der Waals surface area contributed by atoms with Gasteiger partial charge in [0, 0.05) is 25.0 Å². The number of likely N-dealkylation sites (tertiary alicyclic amines) is 1. The van der Waals surface area contributed by atoms with Gasteiger partial charge in [-0.15, -0.1) is 0 Å². The number of rotatable bonds is 6. The average Bonchev–Trinajstić information content (AvgIpc) is 3.21. The highest BCUT2D eigenvalue weighted by molar-refractivity contribution is 5.76. The molecule has 23 heavy (non-hydrogen) atoms. The molecule has 6 heteroatoms. The molecule has 0 unspecified atom stereocenters. The second-order valence-electron chi connectivity index (χ2n) is 7.02. The SMILES string of the molecule is Cc1nc(C)n(C[C@H]2CCCN2CCC(=O)NC2CCCC2)n1. The summed E-state index contributed by atoms with van der Waals surface area (Å²) >= 11 is 0. The third kappa shape index (κ3) is 4.31. The summed E-state index contributed by atoms with van der Waals surface area (Å²) < 4.78 is 2.01. The van der Waals surface area contributed by atoms with Crippen LogP contribution in [0.2, 0.25) is 0 Å². The number of nitrogens with one attached hydrogen (secondary N) is 1.